The molecule has 2 rings (SSSR count). The molecule has 0 atom stereocenters. The summed E-state index contributed by atoms with van der Waals surface area (Å²) in [6.45, 7) is 0. The zero-order valence-electron chi connectivity index (χ0n) is 8.24. The zero-order valence-corrected chi connectivity index (χ0v) is 8.24. The summed E-state index contributed by atoms with van der Waals surface area (Å²) in [6.07, 6.45) is 1.41. The van der Waals surface area contributed by atoms with Gasteiger partial charge in [-0.25, -0.2) is 4.98 Å². The van der Waals surface area contributed by atoms with Crippen molar-refractivity contribution >= 4 is 16.9 Å². The molecule has 2 aromatic heterocycles. The van der Waals surface area contributed by atoms with Gasteiger partial charge < -0.3 is 10.3 Å². The number of hydrogen-bond donors (Lipinski definition) is 2. The molecule has 0 aliphatic rings. The van der Waals surface area contributed by atoms with Crippen LogP contribution >= 0.6 is 0 Å². The van der Waals surface area contributed by atoms with Gasteiger partial charge in [0.1, 0.15) is 5.39 Å². The topological polar surface area (TPSA) is 92.7 Å². The highest BCUT2D eigenvalue weighted by molar-refractivity contribution is 5.91. The average molecular weight is 207 g/mol. The largest absolute Gasteiger partial charge is 0.352 e. The van der Waals surface area contributed by atoms with Crippen molar-refractivity contribution in [2.75, 3.05) is 7.05 Å². The Bertz CT molecular complexity index is 582. The number of aromatic amines is 1. The van der Waals surface area contributed by atoms with Gasteiger partial charge in [0.2, 0.25) is 5.82 Å². The van der Waals surface area contributed by atoms with Crippen LogP contribution < -0.4 is 10.9 Å². The van der Waals surface area contributed by atoms with Crippen molar-refractivity contribution in [2.24, 2.45) is 7.05 Å². The lowest BCUT2D eigenvalue weighted by atomic mass is 10.4. The van der Waals surface area contributed by atoms with E-state index in [2.05, 4.69) is 20.4 Å². The highest BCUT2D eigenvalue weighted by Crippen LogP contribution is 2.03. The van der Waals surface area contributed by atoms with E-state index in [1.165, 1.54) is 17.9 Å². The lowest BCUT2D eigenvalue weighted by Crippen LogP contribution is -2.24. The van der Waals surface area contributed by atoms with E-state index in [-0.39, 0.29) is 11.4 Å². The van der Waals surface area contributed by atoms with Gasteiger partial charge in [0, 0.05) is 14.1 Å². The number of aryl methyl sites for hydroxylation is 1. The normalized spacial score (nSPS) is 10.5. The van der Waals surface area contributed by atoms with E-state index in [0.717, 1.165) is 0 Å². The fourth-order valence-electron chi connectivity index (χ4n) is 1.26. The third kappa shape index (κ3) is 1.37. The third-order valence-corrected chi connectivity index (χ3v) is 2.04. The minimum atomic E-state index is -0.435. The molecular formula is C8H9N5O2. The van der Waals surface area contributed by atoms with E-state index in [1.807, 2.05) is 0 Å². The Labute approximate surface area is 84.1 Å². The van der Waals surface area contributed by atoms with Gasteiger partial charge in [-0.05, 0) is 0 Å². The van der Waals surface area contributed by atoms with Crippen LogP contribution in [0.25, 0.3) is 11.0 Å². The molecule has 78 valence electrons. The maximum atomic E-state index is 11.5. The summed E-state index contributed by atoms with van der Waals surface area (Å²) in [5, 5.41) is 6.63. The van der Waals surface area contributed by atoms with Crippen molar-refractivity contribution in [1.82, 2.24) is 25.1 Å². The second kappa shape index (κ2) is 3.19. The number of nitrogens with one attached hydrogen (secondary N) is 2. The van der Waals surface area contributed by atoms with Crippen molar-refractivity contribution < 1.29 is 4.79 Å². The fraction of sp³-hybridized carbons (Fsp3) is 0.250. The summed E-state index contributed by atoms with van der Waals surface area (Å²) in [5.74, 6) is -0.450. The Hall–Kier alpha value is -2.18. The monoisotopic (exact) mass is 207 g/mol. The Morgan fingerprint density at radius 2 is 2.33 bits per heavy atom. The predicted octanol–water partition coefficient (Wildman–Crippen LogP) is -0.984. The van der Waals surface area contributed by atoms with Crippen molar-refractivity contribution in [3.63, 3.8) is 0 Å². The Morgan fingerprint density at radius 3 is 3.00 bits per heavy atom. The second-order valence-electron chi connectivity index (χ2n) is 3.00. The van der Waals surface area contributed by atoms with E-state index >= 15 is 0 Å². The Morgan fingerprint density at radius 1 is 1.60 bits per heavy atom. The molecule has 0 aliphatic heterocycles. The van der Waals surface area contributed by atoms with Crippen LogP contribution in [-0.4, -0.2) is 32.7 Å². The summed E-state index contributed by atoms with van der Waals surface area (Å²) in [7, 11) is 3.12. The van der Waals surface area contributed by atoms with Crippen molar-refractivity contribution in [2.45, 2.75) is 0 Å². The minimum absolute atomic E-state index is 0.0152. The maximum absolute atomic E-state index is 11.5. The first-order valence-electron chi connectivity index (χ1n) is 4.27. The van der Waals surface area contributed by atoms with Crippen LogP contribution in [0.5, 0.6) is 0 Å². The Kier molecular flexibility index (Phi) is 2.00. The molecule has 0 radical (unpaired) electrons. The van der Waals surface area contributed by atoms with Crippen molar-refractivity contribution in [1.29, 1.82) is 0 Å². The number of aromatic nitrogens is 4. The minimum Gasteiger partial charge on any atom is -0.352 e. The van der Waals surface area contributed by atoms with Crippen LogP contribution in [0.15, 0.2) is 11.0 Å². The van der Waals surface area contributed by atoms with Crippen LogP contribution in [0.2, 0.25) is 0 Å². The summed E-state index contributed by atoms with van der Waals surface area (Å²) in [4.78, 5) is 29.2. The number of carbonyl (C=O) groups excluding carboxylic acids is 1. The molecule has 1 amide bonds. The molecule has 0 bridgehead atoms. The molecule has 15 heavy (non-hydrogen) atoms. The molecule has 0 spiro atoms. The van der Waals surface area contributed by atoms with Crippen LogP contribution in [0.4, 0.5) is 0 Å². The van der Waals surface area contributed by atoms with Gasteiger partial charge in [-0.2, -0.15) is 5.10 Å². The lowest BCUT2D eigenvalue weighted by Gasteiger charge is -1.99. The highest BCUT2D eigenvalue weighted by atomic mass is 16.2. The molecule has 0 fully saturated rings. The highest BCUT2D eigenvalue weighted by Gasteiger charge is 2.11. The number of carbonyl (C=O) groups is 1. The van der Waals surface area contributed by atoms with Crippen LogP contribution in [-0.2, 0) is 7.05 Å². The van der Waals surface area contributed by atoms with Gasteiger partial charge in [0.25, 0.3) is 11.5 Å². The fourth-order valence-corrected chi connectivity index (χ4v) is 1.26. The average Bonchev–Trinajstić information content (AvgIpc) is 2.60. The van der Waals surface area contributed by atoms with E-state index in [9.17, 15) is 9.59 Å². The second-order valence-corrected chi connectivity index (χ2v) is 3.00. The molecule has 7 heteroatoms. The lowest BCUT2D eigenvalue weighted by molar-refractivity contribution is 0.0953. The quantitative estimate of drug-likeness (QED) is 0.628. The van der Waals surface area contributed by atoms with E-state index in [1.54, 1.807) is 7.05 Å². The van der Waals surface area contributed by atoms with Gasteiger partial charge in [-0.1, -0.05) is 0 Å². The standard InChI is InChI=1S/C8H9N5O2/c1-9-8(15)5-11-6-4(7(14)12-5)3-10-13(6)2/h3H,1-2H3,(H,9,15)(H,11,12,14). The molecule has 0 aliphatic carbocycles. The number of fused-ring (bicyclic) bond motifs is 1. The molecule has 0 saturated carbocycles. The molecule has 7 nitrogen and oxygen atoms in total. The van der Waals surface area contributed by atoms with Gasteiger partial charge >= 0.3 is 0 Å². The number of rotatable bonds is 1. The molecule has 0 unspecified atom stereocenters. The van der Waals surface area contributed by atoms with Gasteiger partial charge in [0.15, 0.2) is 5.65 Å². The molecular weight excluding hydrogens is 198 g/mol. The molecule has 2 heterocycles. The third-order valence-electron chi connectivity index (χ3n) is 2.04. The van der Waals surface area contributed by atoms with E-state index < -0.39 is 5.91 Å². The number of amides is 1. The SMILES string of the molecule is CNC(=O)c1nc2c(cnn2C)c(=O)[nH]1. The van der Waals surface area contributed by atoms with Gasteiger partial charge in [0.05, 0.1) is 6.20 Å². The van der Waals surface area contributed by atoms with Crippen LogP contribution in [0.1, 0.15) is 10.6 Å². The summed E-state index contributed by atoms with van der Waals surface area (Å²) in [6, 6.07) is 0. The number of H-pyrrole nitrogens is 1. The van der Waals surface area contributed by atoms with Gasteiger partial charge in [-0.3, -0.25) is 14.3 Å². The van der Waals surface area contributed by atoms with Crippen LogP contribution in [0, 0.1) is 0 Å². The predicted molar refractivity (Wildman–Crippen MR) is 52.5 cm³/mol. The van der Waals surface area contributed by atoms with Gasteiger partial charge in [-0.15, -0.1) is 0 Å². The smallest absolute Gasteiger partial charge is 0.287 e. The van der Waals surface area contributed by atoms with Crippen molar-refractivity contribution in [3.05, 3.63) is 22.4 Å². The number of nitrogens with zero attached hydrogens (tertiary/aromatic N) is 3. The Balaban J connectivity index is 2.76. The number of hydrogen-bond acceptors (Lipinski definition) is 4. The zero-order chi connectivity index (χ0) is 11.0. The first-order chi connectivity index (χ1) is 7.13. The molecule has 0 saturated heterocycles. The van der Waals surface area contributed by atoms with Crippen LogP contribution in [0.3, 0.4) is 0 Å². The summed E-state index contributed by atoms with van der Waals surface area (Å²) in [5.41, 5.74) is 0.0176. The van der Waals surface area contributed by atoms with E-state index in [4.69, 9.17) is 0 Å². The summed E-state index contributed by atoms with van der Waals surface area (Å²) >= 11 is 0. The first kappa shape index (κ1) is 9.38. The molecule has 0 aromatic carbocycles. The maximum Gasteiger partial charge on any atom is 0.287 e. The van der Waals surface area contributed by atoms with E-state index in [0.29, 0.717) is 11.0 Å². The van der Waals surface area contributed by atoms with Crippen molar-refractivity contribution in [3.8, 4) is 0 Å². The summed E-state index contributed by atoms with van der Waals surface area (Å²) < 4.78 is 1.44. The molecule has 2 N–H and O–H groups in total. The molecule has 2 aromatic rings. The first-order valence-corrected chi connectivity index (χ1v) is 4.27.